The molecule has 1 aliphatic carbocycles. The molecule has 1 saturated heterocycles. The number of nitrogens with zero attached hydrogens (tertiary/aromatic N) is 1. The first-order chi connectivity index (χ1) is 17.1. The molecule has 2 amide bonds. The first-order valence-corrected chi connectivity index (χ1v) is 12.8. The van der Waals surface area contributed by atoms with Crippen LogP contribution in [0.25, 0.3) is 0 Å². The van der Waals surface area contributed by atoms with Crippen LogP contribution in [-0.2, 0) is 10.3 Å². The fraction of sp³-hybridized carbons (Fsp3) is 0.731. The van der Waals surface area contributed by atoms with E-state index in [0.717, 1.165) is 6.07 Å². The van der Waals surface area contributed by atoms with E-state index >= 15 is 0 Å². The Balaban J connectivity index is 1.71. The van der Waals surface area contributed by atoms with Crippen LogP contribution in [0.15, 0.2) is 18.2 Å². The molecule has 2 fully saturated rings. The van der Waals surface area contributed by atoms with Crippen LogP contribution in [0, 0.1) is 23.5 Å². The van der Waals surface area contributed by atoms with Crippen LogP contribution in [0.2, 0.25) is 0 Å². The average Bonchev–Trinajstić information content (AvgIpc) is 2.82. The number of likely N-dealkylation sites (tertiary alicyclic amines) is 1. The topological polar surface area (TPSA) is 73.8 Å². The van der Waals surface area contributed by atoms with Crippen molar-refractivity contribution < 1.29 is 32.2 Å². The molecule has 3 rings (SSSR count). The summed E-state index contributed by atoms with van der Waals surface area (Å²) in [5, 5.41) is 17.8. The Labute approximate surface area is 210 Å². The maximum atomic E-state index is 14.8. The number of halogens is 4. The van der Waals surface area contributed by atoms with Gasteiger partial charge in [0, 0.05) is 63.7 Å². The molecule has 1 heterocycles. The van der Waals surface area contributed by atoms with Gasteiger partial charge in [-0.25, -0.2) is 22.4 Å². The maximum Gasteiger partial charge on any atom is 0.317 e. The molecule has 0 spiro atoms. The third kappa shape index (κ3) is 7.10. The zero-order chi connectivity index (χ0) is 26.3. The molecule has 10 heteroatoms. The van der Waals surface area contributed by atoms with Crippen molar-refractivity contribution in [2.24, 2.45) is 11.8 Å². The van der Waals surface area contributed by atoms with E-state index in [9.17, 15) is 27.5 Å². The highest BCUT2D eigenvalue weighted by atomic mass is 19.3. The zero-order valence-corrected chi connectivity index (χ0v) is 21.2. The fourth-order valence-corrected chi connectivity index (χ4v) is 5.65. The molecule has 0 radical (unpaired) electrons. The van der Waals surface area contributed by atoms with Crippen molar-refractivity contribution in [2.75, 3.05) is 40.4 Å². The summed E-state index contributed by atoms with van der Waals surface area (Å²) < 4.78 is 60.5. The van der Waals surface area contributed by atoms with E-state index in [1.807, 2.05) is 0 Å². The Morgan fingerprint density at radius 3 is 2.72 bits per heavy atom. The predicted molar refractivity (Wildman–Crippen MR) is 129 cm³/mol. The van der Waals surface area contributed by atoms with Gasteiger partial charge in [-0.1, -0.05) is 12.1 Å². The van der Waals surface area contributed by atoms with Gasteiger partial charge in [0.1, 0.15) is 0 Å². The molecular formula is C26H39F4N3O3. The molecule has 2 aliphatic rings. The number of carbonyl (C=O) groups is 1. The van der Waals surface area contributed by atoms with E-state index in [1.165, 1.54) is 12.1 Å². The van der Waals surface area contributed by atoms with Gasteiger partial charge in [-0.2, -0.15) is 0 Å². The summed E-state index contributed by atoms with van der Waals surface area (Å²) >= 11 is 0. The van der Waals surface area contributed by atoms with Crippen molar-refractivity contribution in [2.45, 2.75) is 68.9 Å². The highest BCUT2D eigenvalue weighted by Gasteiger charge is 2.46. The van der Waals surface area contributed by atoms with Gasteiger partial charge in [-0.05, 0) is 57.6 Å². The van der Waals surface area contributed by atoms with E-state index < -0.39 is 29.1 Å². The molecular weight excluding hydrogens is 478 g/mol. The largest absolute Gasteiger partial charge is 0.385 e. The normalized spacial score (nSPS) is 22.5. The number of amides is 2. The summed E-state index contributed by atoms with van der Waals surface area (Å²) in [5.41, 5.74) is -1.74. The van der Waals surface area contributed by atoms with Gasteiger partial charge in [0.15, 0.2) is 11.6 Å². The van der Waals surface area contributed by atoms with Crippen molar-refractivity contribution in [3.63, 3.8) is 0 Å². The molecule has 204 valence electrons. The van der Waals surface area contributed by atoms with Gasteiger partial charge in [0.05, 0.1) is 5.60 Å². The number of alkyl halides is 2. The lowest BCUT2D eigenvalue weighted by Crippen LogP contribution is -2.54. The number of unbranched alkanes of at least 4 members (excludes halogenated alkanes) is 1. The Morgan fingerprint density at radius 1 is 1.31 bits per heavy atom. The number of nitrogens with one attached hydrogen (secondary N) is 2. The molecule has 1 saturated carbocycles. The summed E-state index contributed by atoms with van der Waals surface area (Å²) in [4.78, 5) is 14.7. The minimum Gasteiger partial charge on any atom is -0.385 e. The average molecular weight is 518 g/mol. The first kappa shape index (κ1) is 28.7. The summed E-state index contributed by atoms with van der Waals surface area (Å²) in [5.74, 6) is -5.34. The number of piperidine rings is 1. The molecule has 3 N–H and O–H groups in total. The highest BCUT2D eigenvalue weighted by Crippen LogP contribution is 2.44. The van der Waals surface area contributed by atoms with Gasteiger partial charge in [-0.3, -0.25) is 0 Å². The second-order valence-corrected chi connectivity index (χ2v) is 10.3. The number of aliphatic hydroxyl groups is 1. The van der Waals surface area contributed by atoms with Gasteiger partial charge < -0.3 is 25.4 Å². The van der Waals surface area contributed by atoms with E-state index in [1.54, 1.807) is 19.1 Å². The molecule has 3 atom stereocenters. The number of methoxy groups -OCH3 is 1. The molecule has 0 unspecified atom stereocenters. The predicted octanol–water partition coefficient (Wildman–Crippen LogP) is 4.41. The molecule has 36 heavy (non-hydrogen) atoms. The number of urea groups is 1. The van der Waals surface area contributed by atoms with Crippen molar-refractivity contribution >= 4 is 6.03 Å². The third-order valence-corrected chi connectivity index (χ3v) is 7.53. The first-order valence-electron chi connectivity index (χ1n) is 12.8. The summed E-state index contributed by atoms with van der Waals surface area (Å²) in [6.45, 7) is 1.57. The monoisotopic (exact) mass is 517 g/mol. The lowest BCUT2D eigenvalue weighted by atomic mass is 9.74. The smallest absolute Gasteiger partial charge is 0.317 e. The van der Waals surface area contributed by atoms with Gasteiger partial charge in [-0.15, -0.1) is 0 Å². The zero-order valence-electron chi connectivity index (χ0n) is 21.2. The SMILES string of the molecule is CNC[C@H](CC1CC(F)(F)C1)NC(=O)N1CCC[C@@H]([C@@](O)(CCCCOC)c2cccc(F)c2F)C1. The van der Waals surface area contributed by atoms with Crippen LogP contribution in [0.1, 0.15) is 56.9 Å². The highest BCUT2D eigenvalue weighted by molar-refractivity contribution is 5.74. The minimum absolute atomic E-state index is 0.0915. The maximum absolute atomic E-state index is 14.8. The molecule has 0 aromatic heterocycles. The number of hydrogen-bond donors (Lipinski definition) is 3. The second kappa shape index (κ2) is 12.6. The van der Waals surface area contributed by atoms with E-state index in [0.29, 0.717) is 51.8 Å². The standard InChI is InChI=1S/C26H39F4N3O3/c1-31-16-20(13-18-14-25(29,30)15-18)32-24(34)33-11-6-7-19(17-33)26(35,10-3-4-12-36-2)21-8-5-9-22(27)23(21)28/h5,8-9,18-20,31,35H,3-4,6-7,10-17H2,1-2H3,(H,32,34)/t19-,20+,26+/m1/s1. The van der Waals surface area contributed by atoms with Crippen LogP contribution < -0.4 is 10.6 Å². The minimum atomic E-state index is -2.61. The fourth-order valence-electron chi connectivity index (χ4n) is 5.65. The number of ether oxygens (including phenoxy) is 1. The van der Waals surface area contributed by atoms with Crippen molar-refractivity contribution in [1.82, 2.24) is 15.5 Å². The summed E-state index contributed by atoms with van der Waals surface area (Å²) in [6, 6.07) is 3.16. The second-order valence-electron chi connectivity index (χ2n) is 10.3. The number of hydrogen-bond acceptors (Lipinski definition) is 4. The van der Waals surface area contributed by atoms with Crippen LogP contribution in [0.5, 0.6) is 0 Å². The Bertz CT molecular complexity index is 867. The summed E-state index contributed by atoms with van der Waals surface area (Å²) in [7, 11) is 3.32. The van der Waals surface area contributed by atoms with Gasteiger partial charge >= 0.3 is 6.03 Å². The van der Waals surface area contributed by atoms with Crippen LogP contribution >= 0.6 is 0 Å². The van der Waals surface area contributed by atoms with Crippen LogP contribution in [0.4, 0.5) is 22.4 Å². The van der Waals surface area contributed by atoms with Crippen LogP contribution in [-0.4, -0.2) is 68.4 Å². The number of rotatable bonds is 12. The molecule has 1 aromatic rings. The summed E-state index contributed by atoms with van der Waals surface area (Å²) in [6.07, 6.45) is 2.68. The van der Waals surface area contributed by atoms with Crippen molar-refractivity contribution in [3.8, 4) is 0 Å². The number of likely N-dealkylation sites (N-methyl/N-ethyl adjacent to an activating group) is 1. The lowest BCUT2D eigenvalue weighted by Gasteiger charge is -2.43. The Hall–Kier alpha value is -1.91. The molecule has 1 aliphatic heterocycles. The molecule has 1 aromatic carbocycles. The Morgan fingerprint density at radius 2 is 2.06 bits per heavy atom. The number of carbonyl (C=O) groups excluding carboxylic acids is 1. The van der Waals surface area contributed by atoms with Gasteiger partial charge in [0.2, 0.25) is 5.92 Å². The van der Waals surface area contributed by atoms with E-state index in [4.69, 9.17) is 4.74 Å². The third-order valence-electron chi connectivity index (χ3n) is 7.53. The van der Waals surface area contributed by atoms with Gasteiger partial charge in [0.25, 0.3) is 0 Å². The van der Waals surface area contributed by atoms with Crippen LogP contribution in [0.3, 0.4) is 0 Å². The molecule has 0 bridgehead atoms. The van der Waals surface area contributed by atoms with E-state index in [-0.39, 0.29) is 49.4 Å². The lowest BCUT2D eigenvalue weighted by molar-refractivity contribution is -0.113. The molecule has 6 nitrogen and oxygen atoms in total. The van der Waals surface area contributed by atoms with Crippen molar-refractivity contribution in [3.05, 3.63) is 35.4 Å². The number of benzene rings is 1. The Kier molecular flexibility index (Phi) is 10.00. The van der Waals surface area contributed by atoms with Crippen molar-refractivity contribution in [1.29, 1.82) is 0 Å². The van der Waals surface area contributed by atoms with E-state index in [2.05, 4.69) is 10.6 Å². The quantitative estimate of drug-likeness (QED) is 0.284.